The number of hydrogen-bond donors (Lipinski definition) is 0. The highest BCUT2D eigenvalue weighted by atomic mass is 35.5. The summed E-state index contributed by atoms with van der Waals surface area (Å²) in [6, 6.07) is 7.21. The predicted molar refractivity (Wildman–Crippen MR) is 110 cm³/mol. The SMILES string of the molecule is CCCCCN1CCC(CCOc2ccc(Cl)cc2)C2(C1)OCC1(OC(=O)C(=O)O1)O2. The van der Waals surface area contributed by atoms with Gasteiger partial charge in [-0.2, -0.15) is 0 Å². The number of hydrogen-bond acceptors (Lipinski definition) is 8. The van der Waals surface area contributed by atoms with E-state index < -0.39 is 23.7 Å². The largest absolute Gasteiger partial charge is 0.494 e. The second-order valence-corrected chi connectivity index (χ2v) is 8.66. The van der Waals surface area contributed by atoms with E-state index in [0.717, 1.165) is 44.5 Å². The van der Waals surface area contributed by atoms with Crippen LogP contribution in [0, 0.1) is 5.92 Å². The molecule has 31 heavy (non-hydrogen) atoms. The number of halogens is 1. The monoisotopic (exact) mass is 453 g/mol. The number of esters is 2. The molecule has 170 valence electrons. The van der Waals surface area contributed by atoms with Crippen LogP contribution in [-0.4, -0.2) is 61.4 Å². The van der Waals surface area contributed by atoms with Gasteiger partial charge in [0.25, 0.3) is 0 Å². The molecular formula is C22H28ClNO7. The molecule has 0 N–H and O–H groups in total. The summed E-state index contributed by atoms with van der Waals surface area (Å²) in [4.78, 5) is 25.5. The van der Waals surface area contributed by atoms with Gasteiger partial charge in [0, 0.05) is 10.9 Å². The third-order valence-corrected chi connectivity index (χ3v) is 6.22. The van der Waals surface area contributed by atoms with Crippen LogP contribution in [0.3, 0.4) is 0 Å². The second-order valence-electron chi connectivity index (χ2n) is 8.22. The molecular weight excluding hydrogens is 426 g/mol. The van der Waals surface area contributed by atoms with Crippen LogP contribution in [-0.2, 0) is 28.5 Å². The Labute approximate surface area is 186 Å². The Morgan fingerprint density at radius 2 is 1.90 bits per heavy atom. The van der Waals surface area contributed by atoms with Gasteiger partial charge >= 0.3 is 17.9 Å². The summed E-state index contributed by atoms with van der Waals surface area (Å²) >= 11 is 5.92. The Bertz CT molecular complexity index is 786. The first-order valence-corrected chi connectivity index (χ1v) is 11.2. The molecule has 1 aromatic carbocycles. The predicted octanol–water partition coefficient (Wildman–Crippen LogP) is 3.12. The zero-order valence-electron chi connectivity index (χ0n) is 17.6. The third-order valence-electron chi connectivity index (χ3n) is 5.97. The zero-order chi connectivity index (χ0) is 21.9. The lowest BCUT2D eigenvalue weighted by Gasteiger charge is -2.44. The molecule has 0 radical (unpaired) electrons. The number of likely N-dealkylation sites (tertiary alicyclic amines) is 1. The van der Waals surface area contributed by atoms with Gasteiger partial charge < -0.3 is 18.9 Å². The van der Waals surface area contributed by atoms with Gasteiger partial charge in [-0.25, -0.2) is 9.59 Å². The Morgan fingerprint density at radius 1 is 1.16 bits per heavy atom. The molecule has 2 atom stereocenters. The van der Waals surface area contributed by atoms with E-state index in [9.17, 15) is 9.59 Å². The molecule has 3 fully saturated rings. The summed E-state index contributed by atoms with van der Waals surface area (Å²) in [5.74, 6) is -4.20. The van der Waals surface area contributed by atoms with Crippen LogP contribution in [0.5, 0.6) is 5.75 Å². The lowest BCUT2D eigenvalue weighted by Crippen LogP contribution is -2.56. The van der Waals surface area contributed by atoms with Gasteiger partial charge in [-0.1, -0.05) is 31.4 Å². The highest BCUT2D eigenvalue weighted by molar-refractivity contribution is 6.31. The molecule has 0 amide bonds. The average molecular weight is 454 g/mol. The Kier molecular flexibility index (Phi) is 6.71. The van der Waals surface area contributed by atoms with Crippen LogP contribution in [0.1, 0.15) is 39.0 Å². The number of ether oxygens (including phenoxy) is 5. The second kappa shape index (κ2) is 9.32. The average Bonchev–Trinajstić information content (AvgIpc) is 3.23. The van der Waals surface area contributed by atoms with Gasteiger partial charge in [0.2, 0.25) is 0 Å². The van der Waals surface area contributed by atoms with Gasteiger partial charge in [-0.3, -0.25) is 9.64 Å². The van der Waals surface area contributed by atoms with Crippen molar-refractivity contribution in [2.24, 2.45) is 5.92 Å². The zero-order valence-corrected chi connectivity index (χ0v) is 18.4. The third kappa shape index (κ3) is 4.98. The summed E-state index contributed by atoms with van der Waals surface area (Å²) < 4.78 is 28.3. The molecule has 3 saturated heterocycles. The molecule has 8 nitrogen and oxygen atoms in total. The van der Waals surface area contributed by atoms with Crippen molar-refractivity contribution >= 4 is 23.5 Å². The molecule has 1 aromatic rings. The minimum absolute atomic E-state index is 0.0143. The first kappa shape index (κ1) is 22.3. The van der Waals surface area contributed by atoms with E-state index in [2.05, 4.69) is 11.8 Å². The van der Waals surface area contributed by atoms with Crippen LogP contribution < -0.4 is 4.74 Å². The van der Waals surface area contributed by atoms with E-state index in [-0.39, 0.29) is 12.5 Å². The quantitative estimate of drug-likeness (QED) is 0.337. The molecule has 4 rings (SSSR count). The molecule has 3 heterocycles. The molecule has 0 aliphatic carbocycles. The van der Waals surface area contributed by atoms with Crippen molar-refractivity contribution < 1.29 is 33.3 Å². The van der Waals surface area contributed by atoms with E-state index in [1.54, 1.807) is 12.1 Å². The smallest absolute Gasteiger partial charge is 0.422 e. The normalized spacial score (nSPS) is 27.6. The van der Waals surface area contributed by atoms with E-state index in [0.29, 0.717) is 24.6 Å². The molecule has 0 bridgehead atoms. The molecule has 3 aliphatic heterocycles. The first-order valence-electron chi connectivity index (χ1n) is 10.8. The van der Waals surface area contributed by atoms with Crippen molar-refractivity contribution in [1.29, 1.82) is 0 Å². The van der Waals surface area contributed by atoms with Crippen molar-refractivity contribution in [3.05, 3.63) is 29.3 Å². The Balaban J connectivity index is 1.42. The molecule has 0 aromatic heterocycles. The summed E-state index contributed by atoms with van der Waals surface area (Å²) in [5.41, 5.74) is 0. The summed E-state index contributed by atoms with van der Waals surface area (Å²) in [6.45, 7) is 4.85. The Hall–Kier alpha value is -1.87. The minimum atomic E-state index is -1.78. The van der Waals surface area contributed by atoms with Gasteiger partial charge in [-0.15, -0.1) is 0 Å². The number of unbranched alkanes of at least 4 members (excludes halogenated alkanes) is 2. The summed E-state index contributed by atoms with van der Waals surface area (Å²) in [5, 5.41) is 0.653. The standard InChI is InChI=1S/C22H28ClNO7/c1-2-3-4-11-24-12-9-16(10-13-27-18-7-5-17(23)6-8-18)21(14-24)28-15-22(31-21)29-19(25)20(26)30-22/h5-8,16H,2-4,9-15H2,1H3. The molecule has 3 aliphatic rings. The number of nitrogens with zero attached hydrogens (tertiary/aromatic N) is 1. The van der Waals surface area contributed by atoms with Gasteiger partial charge in [0.1, 0.15) is 5.75 Å². The fraction of sp³-hybridized carbons (Fsp3) is 0.636. The van der Waals surface area contributed by atoms with Gasteiger partial charge in [0.05, 0.1) is 13.2 Å². The lowest BCUT2D eigenvalue weighted by molar-refractivity contribution is -0.343. The number of carbonyl (C=O) groups excluding carboxylic acids is 2. The van der Waals surface area contributed by atoms with E-state index in [1.807, 2.05) is 12.1 Å². The van der Waals surface area contributed by atoms with Crippen molar-refractivity contribution in [2.75, 3.05) is 32.8 Å². The van der Waals surface area contributed by atoms with Gasteiger partial charge in [0.15, 0.2) is 12.4 Å². The topological polar surface area (TPSA) is 83.5 Å². The fourth-order valence-corrected chi connectivity index (χ4v) is 4.49. The van der Waals surface area contributed by atoms with Crippen LogP contribution in [0.2, 0.25) is 5.02 Å². The van der Waals surface area contributed by atoms with Crippen LogP contribution >= 0.6 is 11.6 Å². The number of rotatable bonds is 8. The van der Waals surface area contributed by atoms with Crippen molar-refractivity contribution in [1.82, 2.24) is 4.90 Å². The number of benzene rings is 1. The molecule has 0 saturated carbocycles. The molecule has 2 spiro atoms. The maximum atomic E-state index is 11.6. The maximum absolute atomic E-state index is 11.6. The highest BCUT2D eigenvalue weighted by Crippen LogP contribution is 2.45. The maximum Gasteiger partial charge on any atom is 0.422 e. The Morgan fingerprint density at radius 3 is 2.61 bits per heavy atom. The van der Waals surface area contributed by atoms with Crippen LogP contribution in [0.4, 0.5) is 0 Å². The van der Waals surface area contributed by atoms with E-state index >= 15 is 0 Å². The van der Waals surface area contributed by atoms with Crippen LogP contribution in [0.25, 0.3) is 0 Å². The van der Waals surface area contributed by atoms with Crippen molar-refractivity contribution in [3.63, 3.8) is 0 Å². The number of piperidine rings is 1. The lowest BCUT2D eigenvalue weighted by atomic mass is 9.87. The van der Waals surface area contributed by atoms with Gasteiger partial charge in [-0.05, 0) is 56.6 Å². The fourth-order valence-electron chi connectivity index (χ4n) is 4.37. The first-order chi connectivity index (χ1) is 14.9. The number of carbonyl (C=O) groups is 2. The molecule has 9 heteroatoms. The van der Waals surface area contributed by atoms with Crippen molar-refractivity contribution in [3.8, 4) is 5.75 Å². The minimum Gasteiger partial charge on any atom is -0.494 e. The van der Waals surface area contributed by atoms with E-state index in [1.165, 1.54) is 0 Å². The van der Waals surface area contributed by atoms with E-state index in [4.69, 9.17) is 35.3 Å². The highest BCUT2D eigenvalue weighted by Gasteiger charge is 2.64. The van der Waals surface area contributed by atoms with Crippen LogP contribution in [0.15, 0.2) is 24.3 Å². The molecule has 2 unspecified atom stereocenters. The summed E-state index contributed by atoms with van der Waals surface area (Å²) in [6.07, 6.45) is 4.89. The summed E-state index contributed by atoms with van der Waals surface area (Å²) in [7, 11) is 0. The van der Waals surface area contributed by atoms with Crippen molar-refractivity contribution in [2.45, 2.75) is 50.8 Å².